The molecule has 1 heterocycles. The van der Waals surface area contributed by atoms with E-state index in [2.05, 4.69) is 9.98 Å². The maximum absolute atomic E-state index is 9.94. The summed E-state index contributed by atoms with van der Waals surface area (Å²) in [6.45, 7) is 2.38. The molecule has 1 aromatic heterocycles. The topological polar surface area (TPSA) is 42.3 Å². The number of fused-ring (bicyclic) bond motifs is 1. The van der Waals surface area contributed by atoms with E-state index in [-0.39, 0.29) is 0 Å². The summed E-state index contributed by atoms with van der Waals surface area (Å²) in [5.74, 6) is 0. The van der Waals surface area contributed by atoms with Crippen molar-refractivity contribution in [1.82, 2.24) is 4.98 Å². The van der Waals surface area contributed by atoms with Crippen molar-refractivity contribution in [2.45, 2.75) is 13.5 Å². The largest absolute Gasteiger partial charge is 0.242 e. The van der Waals surface area contributed by atoms with Crippen molar-refractivity contribution in [2.75, 3.05) is 0 Å². The van der Waals surface area contributed by atoms with E-state index in [1.165, 1.54) is 6.08 Å². The van der Waals surface area contributed by atoms with Crippen LogP contribution in [0.5, 0.6) is 0 Å². The predicted octanol–water partition coefficient (Wildman–Crippen LogP) is 2.44. The van der Waals surface area contributed by atoms with Crippen molar-refractivity contribution in [3.8, 4) is 0 Å². The molecule has 0 saturated heterocycles. The second-order valence-electron chi connectivity index (χ2n) is 2.94. The highest BCUT2D eigenvalue weighted by Crippen LogP contribution is 2.22. The molecule has 0 aliphatic rings. The summed E-state index contributed by atoms with van der Waals surface area (Å²) >= 11 is 1.65. The number of isocyanates is 1. The van der Waals surface area contributed by atoms with Crippen LogP contribution in [0.3, 0.4) is 0 Å². The first-order chi connectivity index (χ1) is 6.79. The van der Waals surface area contributed by atoms with Crippen molar-refractivity contribution < 1.29 is 4.79 Å². The number of aliphatic imine (C=N–C) groups is 1. The van der Waals surface area contributed by atoms with E-state index in [1.54, 1.807) is 11.3 Å². The number of aromatic nitrogens is 1. The van der Waals surface area contributed by atoms with E-state index in [4.69, 9.17) is 0 Å². The van der Waals surface area contributed by atoms with Gasteiger partial charge >= 0.3 is 0 Å². The van der Waals surface area contributed by atoms with E-state index in [0.717, 1.165) is 20.8 Å². The Kier molecular flexibility index (Phi) is 2.39. The Bertz CT molecular complexity index is 512. The Hall–Kier alpha value is -1.51. The average molecular weight is 204 g/mol. The molecule has 3 nitrogen and oxygen atoms in total. The number of benzene rings is 1. The second kappa shape index (κ2) is 3.70. The molecule has 14 heavy (non-hydrogen) atoms. The van der Waals surface area contributed by atoms with Crippen LogP contribution in [0.4, 0.5) is 0 Å². The highest BCUT2D eigenvalue weighted by molar-refractivity contribution is 7.18. The van der Waals surface area contributed by atoms with Crippen molar-refractivity contribution in [3.63, 3.8) is 0 Å². The van der Waals surface area contributed by atoms with Crippen molar-refractivity contribution in [3.05, 3.63) is 28.8 Å². The Balaban J connectivity index is 2.44. The van der Waals surface area contributed by atoms with Crippen LogP contribution < -0.4 is 0 Å². The third kappa shape index (κ3) is 1.71. The molecular formula is C10H8N2OS. The molecule has 0 aliphatic heterocycles. The van der Waals surface area contributed by atoms with E-state index in [0.29, 0.717) is 6.54 Å². The zero-order valence-corrected chi connectivity index (χ0v) is 8.47. The lowest BCUT2D eigenvalue weighted by atomic mass is 10.2. The monoisotopic (exact) mass is 204 g/mol. The minimum Gasteiger partial charge on any atom is -0.242 e. The summed E-state index contributed by atoms with van der Waals surface area (Å²) in [7, 11) is 0. The predicted molar refractivity (Wildman–Crippen MR) is 56.2 cm³/mol. The van der Waals surface area contributed by atoms with E-state index in [9.17, 15) is 4.79 Å². The molecule has 0 bridgehead atoms. The number of rotatable bonds is 2. The van der Waals surface area contributed by atoms with Gasteiger partial charge in [-0.3, -0.25) is 0 Å². The van der Waals surface area contributed by atoms with Gasteiger partial charge in [0.1, 0.15) is 0 Å². The summed E-state index contributed by atoms with van der Waals surface area (Å²) in [5, 5.41) is 1.05. The molecule has 0 amide bonds. The van der Waals surface area contributed by atoms with Gasteiger partial charge in [-0.2, -0.15) is 0 Å². The number of hydrogen-bond acceptors (Lipinski definition) is 4. The molecule has 1 aromatic carbocycles. The third-order valence-corrected chi connectivity index (χ3v) is 2.82. The van der Waals surface area contributed by atoms with Crippen LogP contribution in [0, 0.1) is 6.92 Å². The molecular weight excluding hydrogens is 196 g/mol. The third-order valence-electron chi connectivity index (χ3n) is 1.89. The number of nitrogens with zero attached hydrogens (tertiary/aromatic N) is 2. The summed E-state index contributed by atoms with van der Waals surface area (Å²) in [5.41, 5.74) is 2.02. The van der Waals surface area contributed by atoms with Crippen molar-refractivity contribution in [2.24, 2.45) is 4.99 Å². The quantitative estimate of drug-likeness (QED) is 0.557. The van der Waals surface area contributed by atoms with Gasteiger partial charge in [0.25, 0.3) is 0 Å². The zero-order chi connectivity index (χ0) is 9.97. The van der Waals surface area contributed by atoms with E-state index < -0.39 is 0 Å². The molecule has 70 valence electrons. The summed E-state index contributed by atoms with van der Waals surface area (Å²) in [6.07, 6.45) is 1.53. The maximum atomic E-state index is 9.94. The van der Waals surface area contributed by atoms with Gasteiger partial charge in [0.2, 0.25) is 6.08 Å². The maximum Gasteiger partial charge on any atom is 0.235 e. The SMILES string of the molecule is Cc1nc2ccc(CN=C=O)cc2s1. The van der Waals surface area contributed by atoms with E-state index >= 15 is 0 Å². The fourth-order valence-corrected chi connectivity index (χ4v) is 2.20. The molecule has 0 saturated carbocycles. The lowest BCUT2D eigenvalue weighted by molar-refractivity contribution is 0.563. The molecule has 2 aromatic rings. The Labute approximate surface area is 85.1 Å². The van der Waals surface area contributed by atoms with Gasteiger partial charge in [0.15, 0.2) is 0 Å². The van der Waals surface area contributed by atoms with Crippen LogP contribution in [0.2, 0.25) is 0 Å². The Morgan fingerprint density at radius 2 is 2.43 bits per heavy atom. The molecule has 0 radical (unpaired) electrons. The number of hydrogen-bond donors (Lipinski definition) is 0. The first-order valence-electron chi connectivity index (χ1n) is 4.19. The Morgan fingerprint density at radius 1 is 1.57 bits per heavy atom. The first kappa shape index (κ1) is 9.06. The fourth-order valence-electron chi connectivity index (χ4n) is 1.31. The lowest BCUT2D eigenvalue weighted by Gasteiger charge is -1.93. The van der Waals surface area contributed by atoms with Crippen LogP contribution >= 0.6 is 11.3 Å². The molecule has 0 unspecified atom stereocenters. The average Bonchev–Trinajstić information content (AvgIpc) is 2.54. The lowest BCUT2D eigenvalue weighted by Crippen LogP contribution is -1.79. The standard InChI is InChI=1S/C10H8N2OS/c1-7-12-9-3-2-8(5-11-6-13)4-10(9)14-7/h2-4H,5H2,1H3. The summed E-state index contributed by atoms with van der Waals surface area (Å²) < 4.78 is 1.14. The molecule has 2 rings (SSSR count). The minimum absolute atomic E-state index is 0.399. The van der Waals surface area contributed by atoms with Gasteiger partial charge < -0.3 is 0 Å². The fraction of sp³-hybridized carbons (Fsp3) is 0.200. The number of thiazole rings is 1. The van der Waals surface area contributed by atoms with Gasteiger partial charge in [0, 0.05) is 0 Å². The van der Waals surface area contributed by atoms with Crippen molar-refractivity contribution in [1.29, 1.82) is 0 Å². The second-order valence-corrected chi connectivity index (χ2v) is 4.18. The molecule has 0 spiro atoms. The molecule has 0 atom stereocenters. The van der Waals surface area contributed by atoms with Gasteiger partial charge in [0.05, 0.1) is 21.8 Å². The van der Waals surface area contributed by atoms with Crippen LogP contribution in [0.25, 0.3) is 10.2 Å². The molecule has 0 N–H and O–H groups in total. The van der Waals surface area contributed by atoms with E-state index in [1.807, 2.05) is 25.1 Å². The Morgan fingerprint density at radius 3 is 3.21 bits per heavy atom. The van der Waals surface area contributed by atoms with Crippen LogP contribution in [0.15, 0.2) is 23.2 Å². The minimum atomic E-state index is 0.399. The van der Waals surface area contributed by atoms with Crippen LogP contribution in [0.1, 0.15) is 10.6 Å². The van der Waals surface area contributed by atoms with Crippen LogP contribution in [-0.4, -0.2) is 11.1 Å². The zero-order valence-electron chi connectivity index (χ0n) is 7.65. The smallest absolute Gasteiger partial charge is 0.235 e. The number of carbonyl (C=O) groups excluding carboxylic acids is 1. The van der Waals surface area contributed by atoms with Gasteiger partial charge in [-0.1, -0.05) is 6.07 Å². The van der Waals surface area contributed by atoms with Crippen LogP contribution in [-0.2, 0) is 11.3 Å². The van der Waals surface area contributed by atoms with Crippen molar-refractivity contribution >= 4 is 27.6 Å². The highest BCUT2D eigenvalue weighted by Gasteiger charge is 2.00. The molecule has 4 heteroatoms. The normalized spacial score (nSPS) is 10.1. The number of aryl methyl sites for hydroxylation is 1. The van der Waals surface area contributed by atoms with Gasteiger partial charge in [-0.05, 0) is 24.6 Å². The molecule has 0 aliphatic carbocycles. The van der Waals surface area contributed by atoms with Gasteiger partial charge in [-0.15, -0.1) is 11.3 Å². The first-order valence-corrected chi connectivity index (χ1v) is 5.01. The summed E-state index contributed by atoms with van der Waals surface area (Å²) in [4.78, 5) is 17.8. The summed E-state index contributed by atoms with van der Waals surface area (Å²) in [6, 6.07) is 5.90. The highest BCUT2D eigenvalue weighted by atomic mass is 32.1. The molecule has 0 fully saturated rings. The van der Waals surface area contributed by atoms with Gasteiger partial charge in [-0.25, -0.2) is 14.8 Å².